The average Bonchev–Trinajstić information content (AvgIpc) is 2.41. The summed E-state index contributed by atoms with van der Waals surface area (Å²) in [6, 6.07) is 7.47. The van der Waals surface area contributed by atoms with Gasteiger partial charge in [-0.1, -0.05) is 43.7 Å². The Kier molecular flexibility index (Phi) is 7.38. The maximum Gasteiger partial charge on any atom is 0.224 e. The number of carbonyl (C=O) groups is 1. The van der Waals surface area contributed by atoms with Gasteiger partial charge >= 0.3 is 0 Å². The smallest absolute Gasteiger partial charge is 0.224 e. The maximum atomic E-state index is 11.8. The van der Waals surface area contributed by atoms with E-state index in [-0.39, 0.29) is 12.5 Å². The Balaban J connectivity index is 2.62. The Morgan fingerprint density at radius 1 is 1.32 bits per heavy atom. The lowest BCUT2D eigenvalue weighted by Crippen LogP contribution is -2.12. The molecule has 2 N–H and O–H groups in total. The summed E-state index contributed by atoms with van der Waals surface area (Å²) in [6.45, 7) is 2.17. The molecule has 3 nitrogen and oxygen atoms in total. The lowest BCUT2D eigenvalue weighted by molar-refractivity contribution is -0.116. The van der Waals surface area contributed by atoms with E-state index in [0.717, 1.165) is 30.5 Å². The minimum absolute atomic E-state index is 0.0323. The van der Waals surface area contributed by atoms with E-state index in [0.29, 0.717) is 12.8 Å². The fourth-order valence-corrected chi connectivity index (χ4v) is 1.66. The van der Waals surface area contributed by atoms with Crippen molar-refractivity contribution in [2.75, 3.05) is 11.9 Å². The van der Waals surface area contributed by atoms with E-state index in [2.05, 4.69) is 24.1 Å². The molecule has 0 aliphatic heterocycles. The zero-order valence-corrected chi connectivity index (χ0v) is 11.4. The van der Waals surface area contributed by atoms with Gasteiger partial charge in [-0.15, -0.1) is 0 Å². The summed E-state index contributed by atoms with van der Waals surface area (Å²) in [4.78, 5) is 11.8. The van der Waals surface area contributed by atoms with Crippen LogP contribution in [0.3, 0.4) is 0 Å². The molecule has 1 aromatic carbocycles. The largest absolute Gasteiger partial charge is 0.395 e. The van der Waals surface area contributed by atoms with Gasteiger partial charge in [-0.05, 0) is 18.6 Å². The van der Waals surface area contributed by atoms with Gasteiger partial charge in [0.25, 0.3) is 0 Å². The van der Waals surface area contributed by atoms with Crippen LogP contribution in [0, 0.1) is 11.8 Å². The van der Waals surface area contributed by atoms with E-state index in [4.69, 9.17) is 5.11 Å². The van der Waals surface area contributed by atoms with Crippen LogP contribution in [-0.4, -0.2) is 17.6 Å². The molecule has 0 saturated heterocycles. The number of amides is 1. The number of hydrogen-bond acceptors (Lipinski definition) is 2. The van der Waals surface area contributed by atoms with E-state index in [1.54, 1.807) is 0 Å². The minimum Gasteiger partial charge on any atom is -0.395 e. The highest BCUT2D eigenvalue weighted by Crippen LogP contribution is 2.14. The maximum absolute atomic E-state index is 11.8. The summed E-state index contributed by atoms with van der Waals surface area (Å²) < 4.78 is 0. The number of aliphatic hydroxyl groups excluding tert-OH is 1. The van der Waals surface area contributed by atoms with E-state index in [1.165, 1.54) is 0 Å². The Bertz CT molecular complexity index is 457. The fraction of sp³-hybridized carbons (Fsp3) is 0.438. The first kappa shape index (κ1) is 15.3. The topological polar surface area (TPSA) is 49.3 Å². The predicted octanol–water partition coefficient (Wildman–Crippen LogP) is 2.94. The number of unbranched alkanes of at least 4 members (excludes halogenated alkanes) is 2. The molecule has 0 radical (unpaired) electrons. The Labute approximate surface area is 115 Å². The van der Waals surface area contributed by atoms with Gasteiger partial charge in [-0.2, -0.15) is 0 Å². The molecule has 1 amide bonds. The zero-order chi connectivity index (χ0) is 13.9. The van der Waals surface area contributed by atoms with Crippen molar-refractivity contribution >= 4 is 11.6 Å². The molecule has 19 heavy (non-hydrogen) atoms. The summed E-state index contributed by atoms with van der Waals surface area (Å²) in [7, 11) is 0. The van der Waals surface area contributed by atoms with Gasteiger partial charge in [0.2, 0.25) is 5.91 Å². The second-order valence-electron chi connectivity index (χ2n) is 4.33. The van der Waals surface area contributed by atoms with Crippen LogP contribution in [0.4, 0.5) is 5.69 Å². The van der Waals surface area contributed by atoms with Gasteiger partial charge < -0.3 is 10.4 Å². The molecule has 0 spiro atoms. The Morgan fingerprint density at radius 2 is 2.11 bits per heavy atom. The second-order valence-corrected chi connectivity index (χ2v) is 4.33. The first-order chi connectivity index (χ1) is 9.27. The number of aliphatic hydroxyl groups is 1. The van der Waals surface area contributed by atoms with Crippen molar-refractivity contribution in [3.8, 4) is 11.8 Å². The van der Waals surface area contributed by atoms with Crippen molar-refractivity contribution in [3.05, 3.63) is 29.8 Å². The van der Waals surface area contributed by atoms with Crippen molar-refractivity contribution < 1.29 is 9.90 Å². The van der Waals surface area contributed by atoms with Crippen molar-refractivity contribution in [1.29, 1.82) is 0 Å². The lowest BCUT2D eigenvalue weighted by Gasteiger charge is -2.07. The highest BCUT2D eigenvalue weighted by atomic mass is 16.2. The third-order valence-electron chi connectivity index (χ3n) is 2.67. The van der Waals surface area contributed by atoms with Crippen LogP contribution in [0.1, 0.15) is 44.6 Å². The van der Waals surface area contributed by atoms with Gasteiger partial charge in [0, 0.05) is 18.4 Å². The number of benzene rings is 1. The van der Waals surface area contributed by atoms with Crippen LogP contribution in [0.25, 0.3) is 0 Å². The monoisotopic (exact) mass is 259 g/mol. The van der Waals surface area contributed by atoms with Crippen molar-refractivity contribution in [2.45, 2.75) is 39.0 Å². The summed E-state index contributed by atoms with van der Waals surface area (Å²) in [5, 5.41) is 11.6. The summed E-state index contributed by atoms with van der Waals surface area (Å²) in [5.41, 5.74) is 1.54. The van der Waals surface area contributed by atoms with Crippen LogP contribution < -0.4 is 5.32 Å². The Hall–Kier alpha value is -1.79. The highest BCUT2D eigenvalue weighted by molar-refractivity contribution is 5.92. The normalized spacial score (nSPS) is 9.58. The first-order valence-corrected chi connectivity index (χ1v) is 6.76. The standard InChI is InChI=1S/C16H21NO2/c1-2-3-4-12-16(19)17-15-11-6-5-9-14(15)10-7-8-13-18/h5-6,9,11,18H,2-4,8,12-13H2,1H3,(H,17,19). The second kappa shape index (κ2) is 9.18. The van der Waals surface area contributed by atoms with Gasteiger partial charge in [0.1, 0.15) is 0 Å². The lowest BCUT2D eigenvalue weighted by atomic mass is 10.1. The van der Waals surface area contributed by atoms with Gasteiger partial charge in [-0.25, -0.2) is 0 Å². The molecule has 0 fully saturated rings. The van der Waals surface area contributed by atoms with Gasteiger partial charge in [-0.3, -0.25) is 4.79 Å². The number of rotatable bonds is 6. The SMILES string of the molecule is CCCCCC(=O)Nc1ccccc1C#CCCO. The van der Waals surface area contributed by atoms with Crippen LogP contribution in [-0.2, 0) is 4.79 Å². The zero-order valence-electron chi connectivity index (χ0n) is 11.4. The molecule has 0 heterocycles. The summed E-state index contributed by atoms with van der Waals surface area (Å²) in [6.07, 6.45) is 4.09. The van der Waals surface area contributed by atoms with Crippen molar-refractivity contribution in [2.24, 2.45) is 0 Å². The third-order valence-corrected chi connectivity index (χ3v) is 2.67. The molecule has 3 heteroatoms. The van der Waals surface area contributed by atoms with E-state index in [1.807, 2.05) is 24.3 Å². The molecule has 0 unspecified atom stereocenters. The van der Waals surface area contributed by atoms with Gasteiger partial charge in [0.15, 0.2) is 0 Å². The number of hydrogen-bond donors (Lipinski definition) is 2. The number of carbonyl (C=O) groups excluding carboxylic acids is 1. The van der Waals surface area contributed by atoms with Crippen LogP contribution in [0.2, 0.25) is 0 Å². The molecule has 0 aliphatic carbocycles. The molecular formula is C16H21NO2. The van der Waals surface area contributed by atoms with E-state index in [9.17, 15) is 4.79 Å². The fourth-order valence-electron chi connectivity index (χ4n) is 1.66. The summed E-state index contributed by atoms with van der Waals surface area (Å²) >= 11 is 0. The van der Waals surface area contributed by atoms with Gasteiger partial charge in [0.05, 0.1) is 12.3 Å². The molecule has 1 aromatic rings. The van der Waals surface area contributed by atoms with Crippen LogP contribution >= 0.6 is 0 Å². The third kappa shape index (κ3) is 6.08. The average molecular weight is 259 g/mol. The minimum atomic E-state index is 0.0323. The van der Waals surface area contributed by atoms with E-state index < -0.39 is 0 Å². The first-order valence-electron chi connectivity index (χ1n) is 6.76. The van der Waals surface area contributed by atoms with Crippen molar-refractivity contribution in [3.63, 3.8) is 0 Å². The van der Waals surface area contributed by atoms with Crippen LogP contribution in [0.5, 0.6) is 0 Å². The van der Waals surface area contributed by atoms with Crippen molar-refractivity contribution in [1.82, 2.24) is 0 Å². The molecule has 0 atom stereocenters. The summed E-state index contributed by atoms with van der Waals surface area (Å²) in [5.74, 6) is 5.86. The molecule has 0 aromatic heterocycles. The number of nitrogens with one attached hydrogen (secondary N) is 1. The molecular weight excluding hydrogens is 238 g/mol. The number of anilines is 1. The van der Waals surface area contributed by atoms with Crippen LogP contribution in [0.15, 0.2) is 24.3 Å². The predicted molar refractivity (Wildman–Crippen MR) is 77.8 cm³/mol. The quantitative estimate of drug-likeness (QED) is 0.609. The van der Waals surface area contributed by atoms with E-state index >= 15 is 0 Å². The Morgan fingerprint density at radius 3 is 2.84 bits per heavy atom. The number of para-hydroxylation sites is 1. The molecule has 1 rings (SSSR count). The molecule has 0 bridgehead atoms. The molecule has 0 saturated carbocycles. The molecule has 0 aliphatic rings. The highest BCUT2D eigenvalue weighted by Gasteiger charge is 2.04. The molecule has 102 valence electrons.